The first kappa shape index (κ1) is 9.29. The highest BCUT2D eigenvalue weighted by atomic mass is 19.3. The molecule has 0 aliphatic heterocycles. The molecule has 1 rings (SSSR count). The summed E-state index contributed by atoms with van der Waals surface area (Å²) in [4.78, 5) is 0. The number of halogens is 4. The Bertz CT molecular complexity index is 232. The molecule has 0 saturated heterocycles. The van der Waals surface area contributed by atoms with Gasteiger partial charge in [-0.25, -0.2) is 0 Å². The number of hydrogen-bond donors (Lipinski definition) is 0. The second-order valence-corrected chi connectivity index (χ2v) is 2.85. The topological polar surface area (TPSA) is 0 Å². The standard InChI is InChI=1S/C8H8F4/c1-5-3-4-6(2)8(11,12)7(5,9)10/h3-4H,1-2H3. The van der Waals surface area contributed by atoms with Crippen molar-refractivity contribution in [3.8, 4) is 0 Å². The van der Waals surface area contributed by atoms with Crippen molar-refractivity contribution in [1.29, 1.82) is 0 Å². The van der Waals surface area contributed by atoms with Crippen molar-refractivity contribution in [2.75, 3.05) is 0 Å². The second-order valence-electron chi connectivity index (χ2n) is 2.85. The highest BCUT2D eigenvalue weighted by molar-refractivity contribution is 5.35. The Hall–Kier alpha value is -0.800. The van der Waals surface area contributed by atoms with E-state index in [1.807, 2.05) is 0 Å². The van der Waals surface area contributed by atoms with Crippen molar-refractivity contribution in [1.82, 2.24) is 0 Å². The van der Waals surface area contributed by atoms with Gasteiger partial charge in [0.2, 0.25) is 0 Å². The molecule has 0 amide bonds. The van der Waals surface area contributed by atoms with Gasteiger partial charge in [-0.2, -0.15) is 17.6 Å². The summed E-state index contributed by atoms with van der Waals surface area (Å²) in [7, 11) is 0. The lowest BCUT2D eigenvalue weighted by Crippen LogP contribution is -2.43. The van der Waals surface area contributed by atoms with E-state index >= 15 is 0 Å². The molecule has 0 nitrogen and oxygen atoms in total. The average Bonchev–Trinajstić information content (AvgIpc) is 1.96. The maximum Gasteiger partial charge on any atom is 0.335 e. The fourth-order valence-corrected chi connectivity index (χ4v) is 0.955. The number of allylic oxidation sites excluding steroid dienone is 4. The van der Waals surface area contributed by atoms with Crippen molar-refractivity contribution >= 4 is 0 Å². The molecule has 0 fully saturated rings. The normalized spacial score (nSPS) is 26.2. The predicted octanol–water partition coefficient (Wildman–Crippen LogP) is 3.16. The van der Waals surface area contributed by atoms with Gasteiger partial charge in [-0.05, 0) is 13.8 Å². The first-order chi connectivity index (χ1) is 5.30. The minimum atomic E-state index is -4.04. The van der Waals surface area contributed by atoms with Crippen LogP contribution in [0.2, 0.25) is 0 Å². The van der Waals surface area contributed by atoms with E-state index in [9.17, 15) is 17.6 Å². The molecular formula is C8H8F4. The van der Waals surface area contributed by atoms with Gasteiger partial charge in [-0.3, -0.25) is 0 Å². The molecule has 1 aliphatic carbocycles. The SMILES string of the molecule is CC1=CC=C(C)C(F)(F)C1(F)F. The van der Waals surface area contributed by atoms with E-state index < -0.39 is 23.0 Å². The summed E-state index contributed by atoms with van der Waals surface area (Å²) in [6, 6.07) is 0. The van der Waals surface area contributed by atoms with Crippen molar-refractivity contribution in [3.05, 3.63) is 23.3 Å². The van der Waals surface area contributed by atoms with Crippen LogP contribution >= 0.6 is 0 Å². The third-order valence-corrected chi connectivity index (χ3v) is 1.97. The molecule has 0 atom stereocenters. The summed E-state index contributed by atoms with van der Waals surface area (Å²) in [6.45, 7) is 1.99. The van der Waals surface area contributed by atoms with Gasteiger partial charge in [-0.15, -0.1) is 0 Å². The Morgan fingerprint density at radius 2 is 1.08 bits per heavy atom. The zero-order chi connectivity index (χ0) is 9.57. The van der Waals surface area contributed by atoms with Gasteiger partial charge < -0.3 is 0 Å². The van der Waals surface area contributed by atoms with Crippen LogP contribution in [0.4, 0.5) is 17.6 Å². The van der Waals surface area contributed by atoms with Gasteiger partial charge in [0.25, 0.3) is 0 Å². The molecular weight excluding hydrogens is 172 g/mol. The van der Waals surface area contributed by atoms with Crippen LogP contribution < -0.4 is 0 Å². The second kappa shape index (κ2) is 2.34. The lowest BCUT2D eigenvalue weighted by molar-refractivity contribution is -0.162. The molecule has 0 N–H and O–H groups in total. The molecule has 0 aromatic heterocycles. The van der Waals surface area contributed by atoms with Crippen molar-refractivity contribution < 1.29 is 17.6 Å². The molecule has 0 radical (unpaired) electrons. The van der Waals surface area contributed by atoms with E-state index in [1.54, 1.807) is 0 Å². The summed E-state index contributed by atoms with van der Waals surface area (Å²) in [5, 5.41) is 0. The van der Waals surface area contributed by atoms with E-state index in [0.29, 0.717) is 0 Å². The summed E-state index contributed by atoms with van der Waals surface area (Å²) >= 11 is 0. The maximum atomic E-state index is 12.8. The minimum absolute atomic E-state index is 0.599. The average molecular weight is 180 g/mol. The summed E-state index contributed by atoms with van der Waals surface area (Å²) in [5.74, 6) is -8.07. The van der Waals surface area contributed by atoms with Gasteiger partial charge >= 0.3 is 11.8 Å². The first-order valence-corrected chi connectivity index (χ1v) is 3.42. The molecule has 0 bridgehead atoms. The van der Waals surface area contributed by atoms with Gasteiger partial charge in [0.05, 0.1) is 0 Å². The Morgan fingerprint density at radius 1 is 0.833 bits per heavy atom. The summed E-state index contributed by atoms with van der Waals surface area (Å²) < 4.78 is 51.1. The van der Waals surface area contributed by atoms with Crippen molar-refractivity contribution in [3.63, 3.8) is 0 Å². The zero-order valence-electron chi connectivity index (χ0n) is 6.67. The summed E-state index contributed by atoms with van der Waals surface area (Å²) in [6.07, 6.45) is 2.04. The van der Waals surface area contributed by atoms with E-state index in [1.165, 1.54) is 0 Å². The van der Waals surface area contributed by atoms with Crippen LogP contribution in [0.15, 0.2) is 23.3 Å². The lowest BCUT2D eigenvalue weighted by Gasteiger charge is -2.30. The van der Waals surface area contributed by atoms with E-state index in [-0.39, 0.29) is 0 Å². The Labute approximate surface area is 67.6 Å². The molecule has 0 saturated carbocycles. The molecule has 0 aromatic rings. The highest BCUT2D eigenvalue weighted by Gasteiger charge is 2.59. The van der Waals surface area contributed by atoms with Crippen molar-refractivity contribution in [2.24, 2.45) is 0 Å². The van der Waals surface area contributed by atoms with Crippen molar-refractivity contribution in [2.45, 2.75) is 25.7 Å². The van der Waals surface area contributed by atoms with E-state index in [0.717, 1.165) is 26.0 Å². The molecule has 68 valence electrons. The van der Waals surface area contributed by atoms with Crippen LogP contribution in [0.5, 0.6) is 0 Å². The number of rotatable bonds is 0. The number of hydrogen-bond acceptors (Lipinski definition) is 0. The number of alkyl halides is 4. The smallest absolute Gasteiger partial charge is 0.194 e. The molecule has 0 heterocycles. The fourth-order valence-electron chi connectivity index (χ4n) is 0.955. The highest BCUT2D eigenvalue weighted by Crippen LogP contribution is 2.46. The fraction of sp³-hybridized carbons (Fsp3) is 0.500. The first-order valence-electron chi connectivity index (χ1n) is 3.42. The van der Waals surface area contributed by atoms with Crippen LogP contribution in [0.1, 0.15) is 13.8 Å². The Balaban J connectivity index is 3.22. The van der Waals surface area contributed by atoms with Gasteiger partial charge in [0.1, 0.15) is 0 Å². The lowest BCUT2D eigenvalue weighted by atomic mass is 9.92. The molecule has 0 aromatic carbocycles. The van der Waals surface area contributed by atoms with Gasteiger partial charge in [0, 0.05) is 11.1 Å². The zero-order valence-corrected chi connectivity index (χ0v) is 6.67. The monoisotopic (exact) mass is 180 g/mol. The van der Waals surface area contributed by atoms with E-state index in [2.05, 4.69) is 0 Å². The third kappa shape index (κ3) is 0.974. The van der Waals surface area contributed by atoms with Crippen LogP contribution in [-0.2, 0) is 0 Å². The van der Waals surface area contributed by atoms with Crippen LogP contribution in [0.25, 0.3) is 0 Å². The Kier molecular flexibility index (Phi) is 1.81. The van der Waals surface area contributed by atoms with Crippen LogP contribution in [0, 0.1) is 0 Å². The molecule has 0 unspecified atom stereocenters. The van der Waals surface area contributed by atoms with Gasteiger partial charge in [0.15, 0.2) is 0 Å². The molecule has 1 aliphatic rings. The molecule has 0 spiro atoms. The Morgan fingerprint density at radius 3 is 1.33 bits per heavy atom. The van der Waals surface area contributed by atoms with Crippen LogP contribution in [0.3, 0.4) is 0 Å². The maximum absolute atomic E-state index is 12.8. The predicted molar refractivity (Wildman–Crippen MR) is 37.4 cm³/mol. The largest absolute Gasteiger partial charge is 0.335 e. The van der Waals surface area contributed by atoms with Crippen LogP contribution in [-0.4, -0.2) is 11.8 Å². The third-order valence-electron chi connectivity index (χ3n) is 1.97. The van der Waals surface area contributed by atoms with Gasteiger partial charge in [-0.1, -0.05) is 12.2 Å². The summed E-state index contributed by atoms with van der Waals surface area (Å²) in [5.41, 5.74) is -1.20. The minimum Gasteiger partial charge on any atom is -0.194 e. The molecule has 4 heteroatoms. The molecule has 12 heavy (non-hydrogen) atoms. The van der Waals surface area contributed by atoms with E-state index in [4.69, 9.17) is 0 Å². The quantitative estimate of drug-likeness (QED) is 0.502.